The Balaban J connectivity index is 1.71. The molecule has 2 heterocycles. The summed E-state index contributed by atoms with van der Waals surface area (Å²) in [6.45, 7) is 2.68. The van der Waals surface area contributed by atoms with Gasteiger partial charge in [0.2, 0.25) is 11.8 Å². The first-order chi connectivity index (χ1) is 14.6. The summed E-state index contributed by atoms with van der Waals surface area (Å²) in [7, 11) is -2.85. The van der Waals surface area contributed by atoms with E-state index < -0.39 is 39.9 Å². The maximum atomic E-state index is 13.3. The van der Waals surface area contributed by atoms with Gasteiger partial charge in [-0.3, -0.25) is 14.3 Å². The normalized spacial score (nSPS) is 20.9. The summed E-state index contributed by atoms with van der Waals surface area (Å²) in [6.07, 6.45) is 1.50. The lowest BCUT2D eigenvalue weighted by atomic mass is 10.1. The van der Waals surface area contributed by atoms with Crippen molar-refractivity contribution in [3.05, 3.63) is 47.0 Å². The molecule has 31 heavy (non-hydrogen) atoms. The molecule has 1 aliphatic heterocycles. The molecular formula is C18H22ClFN6O4S. The van der Waals surface area contributed by atoms with Gasteiger partial charge in [-0.15, -0.1) is 0 Å². The minimum absolute atomic E-state index is 0.102. The van der Waals surface area contributed by atoms with Crippen LogP contribution in [0.3, 0.4) is 0 Å². The number of aromatic nitrogens is 2. The molecule has 2 atom stereocenters. The number of nitrogens with one attached hydrogen (secondary N) is 3. The summed E-state index contributed by atoms with van der Waals surface area (Å²) in [4.78, 5) is 25.4. The van der Waals surface area contributed by atoms with Crippen molar-refractivity contribution in [2.24, 2.45) is 0 Å². The van der Waals surface area contributed by atoms with Crippen LogP contribution in [0.5, 0.6) is 0 Å². The second-order valence-electron chi connectivity index (χ2n) is 6.92. The van der Waals surface area contributed by atoms with E-state index in [1.54, 1.807) is 16.9 Å². The highest BCUT2D eigenvalue weighted by atomic mass is 35.5. The fourth-order valence-electron chi connectivity index (χ4n) is 3.18. The third-order valence-corrected chi connectivity index (χ3v) is 6.81. The Morgan fingerprint density at radius 3 is 2.74 bits per heavy atom. The number of benzene rings is 1. The van der Waals surface area contributed by atoms with Crippen molar-refractivity contribution in [2.45, 2.75) is 38.5 Å². The highest BCUT2D eigenvalue weighted by molar-refractivity contribution is 7.87. The fourth-order valence-corrected chi connectivity index (χ4v) is 4.60. The van der Waals surface area contributed by atoms with Crippen molar-refractivity contribution >= 4 is 39.3 Å². The average molecular weight is 473 g/mol. The highest BCUT2D eigenvalue weighted by Crippen LogP contribution is 2.22. The third kappa shape index (κ3) is 5.21. The number of rotatable bonds is 6. The quantitative estimate of drug-likeness (QED) is 0.575. The zero-order valence-electron chi connectivity index (χ0n) is 16.8. The number of carbonyl (C=O) groups is 2. The van der Waals surface area contributed by atoms with Crippen molar-refractivity contribution in [1.82, 2.24) is 24.1 Å². The van der Waals surface area contributed by atoms with Crippen LogP contribution >= 0.6 is 11.6 Å². The predicted octanol–water partition coefficient (Wildman–Crippen LogP) is 0.857. The molecule has 10 nitrogen and oxygen atoms in total. The topological polar surface area (TPSA) is 125 Å². The van der Waals surface area contributed by atoms with Crippen LogP contribution in [0.25, 0.3) is 0 Å². The molecule has 2 amide bonds. The maximum Gasteiger partial charge on any atom is 0.280 e. The van der Waals surface area contributed by atoms with Crippen LogP contribution in [0.1, 0.15) is 19.0 Å². The van der Waals surface area contributed by atoms with Crippen LogP contribution in [-0.2, 0) is 32.9 Å². The van der Waals surface area contributed by atoms with Gasteiger partial charge in [0.1, 0.15) is 17.9 Å². The second kappa shape index (κ2) is 9.30. The maximum absolute atomic E-state index is 13.3. The first kappa shape index (κ1) is 23.1. The van der Waals surface area contributed by atoms with E-state index in [4.69, 9.17) is 11.6 Å². The molecule has 1 aliphatic rings. The minimum Gasteiger partial charge on any atom is -0.349 e. The summed E-state index contributed by atoms with van der Waals surface area (Å²) < 4.78 is 43.1. The molecule has 1 aromatic heterocycles. The van der Waals surface area contributed by atoms with Crippen molar-refractivity contribution in [1.29, 1.82) is 0 Å². The Kier molecular flexibility index (Phi) is 6.94. The lowest BCUT2D eigenvalue weighted by Crippen LogP contribution is -2.62. The number of halogens is 2. The van der Waals surface area contributed by atoms with Crippen LogP contribution in [0.2, 0.25) is 5.02 Å². The zero-order chi connectivity index (χ0) is 22.8. The number of anilines is 1. The van der Waals surface area contributed by atoms with Crippen LogP contribution < -0.4 is 15.4 Å². The largest absolute Gasteiger partial charge is 0.349 e. The van der Waals surface area contributed by atoms with E-state index in [-0.39, 0.29) is 23.7 Å². The summed E-state index contributed by atoms with van der Waals surface area (Å²) in [6, 6.07) is 3.03. The van der Waals surface area contributed by atoms with Crippen molar-refractivity contribution in [3.63, 3.8) is 0 Å². The summed E-state index contributed by atoms with van der Waals surface area (Å²) in [5.41, 5.74) is 0.962. The first-order valence-corrected chi connectivity index (χ1v) is 11.2. The summed E-state index contributed by atoms with van der Waals surface area (Å²) in [5.74, 6) is -1.89. The molecule has 3 rings (SSSR count). The van der Waals surface area contributed by atoms with Crippen LogP contribution in [-0.4, -0.2) is 53.4 Å². The molecular weight excluding hydrogens is 451 g/mol. The van der Waals surface area contributed by atoms with E-state index in [9.17, 15) is 22.4 Å². The Bertz CT molecular complexity index is 1090. The number of hydrogen-bond donors (Lipinski definition) is 3. The molecule has 0 aliphatic carbocycles. The third-order valence-electron chi connectivity index (χ3n) is 4.92. The van der Waals surface area contributed by atoms with Gasteiger partial charge in [-0.25, -0.2) is 4.39 Å². The van der Waals surface area contributed by atoms with Gasteiger partial charge in [-0.1, -0.05) is 11.6 Å². The lowest BCUT2D eigenvalue weighted by Gasteiger charge is -2.35. The second-order valence-corrected chi connectivity index (χ2v) is 9.09. The van der Waals surface area contributed by atoms with E-state index in [1.807, 2.05) is 6.92 Å². The van der Waals surface area contributed by atoms with Gasteiger partial charge < -0.3 is 10.6 Å². The molecule has 3 N–H and O–H groups in total. The Labute approximate surface area is 183 Å². The van der Waals surface area contributed by atoms with Gasteiger partial charge in [-0.05, 0) is 37.6 Å². The van der Waals surface area contributed by atoms with E-state index in [2.05, 4.69) is 20.5 Å². The van der Waals surface area contributed by atoms with Gasteiger partial charge in [0.05, 0.1) is 17.3 Å². The van der Waals surface area contributed by atoms with E-state index in [0.717, 1.165) is 16.1 Å². The Hall–Kier alpha value is -2.54. The molecule has 168 valence electrons. The molecule has 2 aromatic rings. The number of aryl methyl sites for hydroxylation is 1. The van der Waals surface area contributed by atoms with E-state index in [1.165, 1.54) is 19.2 Å². The number of amides is 2. The molecule has 0 radical (unpaired) electrons. The molecule has 1 fully saturated rings. The number of carbonyl (C=O) groups excluding carboxylic acids is 2. The van der Waals surface area contributed by atoms with E-state index in [0.29, 0.717) is 6.54 Å². The molecule has 0 spiro atoms. The van der Waals surface area contributed by atoms with Crippen molar-refractivity contribution in [2.75, 3.05) is 12.4 Å². The first-order valence-electron chi connectivity index (χ1n) is 9.42. The van der Waals surface area contributed by atoms with Crippen LogP contribution in [0.15, 0.2) is 30.5 Å². The van der Waals surface area contributed by atoms with Gasteiger partial charge >= 0.3 is 0 Å². The Morgan fingerprint density at radius 2 is 2.06 bits per heavy atom. The molecule has 1 aromatic carbocycles. The fraction of sp³-hybridized carbons (Fsp3) is 0.389. The number of likely N-dealkylation sites (N-methyl/N-ethyl adjacent to an activating group) is 1. The van der Waals surface area contributed by atoms with Gasteiger partial charge in [-0.2, -0.15) is 22.5 Å². The Morgan fingerprint density at radius 1 is 1.32 bits per heavy atom. The summed E-state index contributed by atoms with van der Waals surface area (Å²) >= 11 is 5.72. The highest BCUT2D eigenvalue weighted by Gasteiger charge is 2.42. The summed E-state index contributed by atoms with van der Waals surface area (Å²) in [5, 5.41) is 9.10. The predicted molar refractivity (Wildman–Crippen MR) is 112 cm³/mol. The molecule has 0 bridgehead atoms. The van der Waals surface area contributed by atoms with Gasteiger partial charge in [0.15, 0.2) is 0 Å². The van der Waals surface area contributed by atoms with Crippen LogP contribution in [0.4, 0.5) is 10.1 Å². The van der Waals surface area contributed by atoms with Gasteiger partial charge in [0.25, 0.3) is 10.2 Å². The SMILES string of the molecule is CCn1nccc1CNC(=O)C1CC(C(=O)Nc2ccc(F)c(Cl)c2)N(C)S(=O)(=O)N1. The van der Waals surface area contributed by atoms with Crippen molar-refractivity contribution in [3.8, 4) is 0 Å². The standard InChI is InChI=1S/C18H22ClFN6O4S/c1-3-26-12(6-7-22-26)10-21-17(27)15-9-16(25(2)31(29,30)24-15)18(28)23-11-4-5-14(20)13(19)8-11/h4-8,15-16,24H,3,9-10H2,1-2H3,(H,21,27)(H,23,28). The van der Waals surface area contributed by atoms with Crippen LogP contribution in [0, 0.1) is 5.82 Å². The number of nitrogens with zero attached hydrogens (tertiary/aromatic N) is 3. The van der Waals surface area contributed by atoms with Gasteiger partial charge in [0, 0.05) is 25.5 Å². The molecule has 1 saturated heterocycles. The van der Waals surface area contributed by atoms with E-state index >= 15 is 0 Å². The minimum atomic E-state index is -4.08. The molecule has 13 heteroatoms. The molecule has 0 saturated carbocycles. The average Bonchev–Trinajstić information content (AvgIpc) is 3.18. The number of hydrogen-bond acceptors (Lipinski definition) is 5. The smallest absolute Gasteiger partial charge is 0.280 e. The monoisotopic (exact) mass is 472 g/mol. The molecule has 2 unspecified atom stereocenters. The zero-order valence-corrected chi connectivity index (χ0v) is 18.4. The lowest BCUT2D eigenvalue weighted by molar-refractivity contribution is -0.125. The van der Waals surface area contributed by atoms with Crippen molar-refractivity contribution < 1.29 is 22.4 Å².